The van der Waals surface area contributed by atoms with Crippen LogP contribution in [0.4, 0.5) is 0 Å². The van der Waals surface area contributed by atoms with Crippen LogP contribution >= 0.6 is 23.2 Å². The quantitative estimate of drug-likeness (QED) is 0.784. The summed E-state index contributed by atoms with van der Waals surface area (Å²) in [5, 5.41) is 21.6. The van der Waals surface area contributed by atoms with Crippen LogP contribution in [0.15, 0.2) is 48.5 Å². The van der Waals surface area contributed by atoms with Gasteiger partial charge in [-0.15, -0.1) is 0 Å². The second kappa shape index (κ2) is 8.65. The van der Waals surface area contributed by atoms with E-state index in [2.05, 4.69) is 0 Å². The molecule has 8 heteroatoms. The summed E-state index contributed by atoms with van der Waals surface area (Å²) in [5.41, 5.74) is 1.42. The summed E-state index contributed by atoms with van der Waals surface area (Å²) in [7, 11) is 0. The number of hydrogen-bond donors (Lipinski definition) is 2. The highest BCUT2D eigenvalue weighted by molar-refractivity contribution is 6.30. The van der Waals surface area contributed by atoms with E-state index in [-0.39, 0.29) is 6.61 Å². The van der Waals surface area contributed by atoms with Gasteiger partial charge < -0.3 is 29.2 Å². The molecule has 0 spiro atoms. The van der Waals surface area contributed by atoms with Gasteiger partial charge in [-0.05, 0) is 24.3 Å². The van der Waals surface area contributed by atoms with Crippen LogP contribution in [0.3, 0.4) is 0 Å². The molecule has 4 rings (SSSR count). The molecule has 2 N–H and O–H groups in total. The fraction of sp³-hybridized carbons (Fsp3) is 0.400. The van der Waals surface area contributed by atoms with Gasteiger partial charge in [-0.1, -0.05) is 47.5 Å². The second-order valence-corrected chi connectivity index (χ2v) is 7.60. The van der Waals surface area contributed by atoms with Crippen molar-refractivity contribution in [1.82, 2.24) is 0 Å². The Balaban J connectivity index is 1.56. The van der Waals surface area contributed by atoms with Crippen LogP contribution in [0.1, 0.15) is 23.7 Å². The van der Waals surface area contributed by atoms with Gasteiger partial charge in [0.05, 0.1) is 13.2 Å². The third kappa shape index (κ3) is 4.20. The Labute approximate surface area is 172 Å². The van der Waals surface area contributed by atoms with Crippen LogP contribution in [0, 0.1) is 0 Å². The molecule has 0 amide bonds. The summed E-state index contributed by atoms with van der Waals surface area (Å²) in [4.78, 5) is 0. The van der Waals surface area contributed by atoms with E-state index in [4.69, 9.17) is 42.1 Å². The van der Waals surface area contributed by atoms with Gasteiger partial charge in [-0.2, -0.15) is 0 Å². The van der Waals surface area contributed by atoms with Crippen molar-refractivity contribution in [3.05, 3.63) is 69.7 Å². The molecule has 2 aliphatic heterocycles. The van der Waals surface area contributed by atoms with Gasteiger partial charge in [0.1, 0.15) is 24.4 Å². The molecule has 0 aromatic heterocycles. The molecule has 6 nitrogen and oxygen atoms in total. The first-order valence-corrected chi connectivity index (χ1v) is 9.68. The number of aliphatic hydroxyl groups is 2. The van der Waals surface area contributed by atoms with Crippen molar-refractivity contribution in [1.29, 1.82) is 0 Å². The van der Waals surface area contributed by atoms with Crippen LogP contribution in [0.2, 0.25) is 10.0 Å². The summed E-state index contributed by atoms with van der Waals surface area (Å²) < 4.78 is 23.6. The van der Waals surface area contributed by atoms with E-state index in [0.29, 0.717) is 15.6 Å². The minimum Gasteiger partial charge on any atom is -0.394 e. The number of hydrogen-bond acceptors (Lipinski definition) is 6. The number of ether oxygens (including phenoxy) is 4. The zero-order valence-electron chi connectivity index (χ0n) is 14.8. The van der Waals surface area contributed by atoms with Gasteiger partial charge in [-0.3, -0.25) is 0 Å². The van der Waals surface area contributed by atoms with Crippen molar-refractivity contribution >= 4 is 23.2 Å². The number of halogens is 2. The molecule has 2 heterocycles. The molecule has 2 aliphatic rings. The lowest BCUT2D eigenvalue weighted by molar-refractivity contribution is -0.241. The number of benzene rings is 2. The standard InChI is InChI=1S/C20H20Cl2O6/c21-13-5-1-3-11(7-13)19-25-10-16-18(17(24)15(9-23)26-19)28-20(27-16)12-4-2-6-14(22)8-12/h1-8,15-20,23-24H,9-10H2/t15-,16+,17+,18+,19?,20?/m1/s1. The summed E-state index contributed by atoms with van der Waals surface area (Å²) in [5.74, 6) is 0. The fourth-order valence-electron chi connectivity index (χ4n) is 3.39. The fourth-order valence-corrected chi connectivity index (χ4v) is 3.79. The van der Waals surface area contributed by atoms with Gasteiger partial charge >= 0.3 is 0 Å². The highest BCUT2D eigenvalue weighted by atomic mass is 35.5. The van der Waals surface area contributed by atoms with Gasteiger partial charge in [-0.25, -0.2) is 0 Å². The molecule has 0 aliphatic carbocycles. The number of rotatable bonds is 3. The molecule has 2 fully saturated rings. The van der Waals surface area contributed by atoms with E-state index < -0.39 is 43.6 Å². The van der Waals surface area contributed by atoms with Crippen LogP contribution in [0.5, 0.6) is 0 Å². The lowest BCUT2D eigenvalue weighted by Gasteiger charge is -2.34. The Morgan fingerprint density at radius 1 is 0.893 bits per heavy atom. The van der Waals surface area contributed by atoms with E-state index in [1.54, 1.807) is 42.5 Å². The molecule has 150 valence electrons. The second-order valence-electron chi connectivity index (χ2n) is 6.73. The third-order valence-corrected chi connectivity index (χ3v) is 5.27. The molecule has 2 unspecified atom stereocenters. The maximum absolute atomic E-state index is 10.8. The highest BCUT2D eigenvalue weighted by Gasteiger charge is 2.46. The Hall–Kier alpha value is -1.22. The molecule has 0 saturated carbocycles. The van der Waals surface area contributed by atoms with Crippen molar-refractivity contribution in [2.45, 2.75) is 37.0 Å². The van der Waals surface area contributed by atoms with Crippen LogP contribution < -0.4 is 0 Å². The van der Waals surface area contributed by atoms with Gasteiger partial charge in [0.15, 0.2) is 12.6 Å². The van der Waals surface area contributed by atoms with E-state index in [1.807, 2.05) is 6.07 Å². The third-order valence-electron chi connectivity index (χ3n) is 4.79. The Kier molecular flexibility index (Phi) is 6.20. The lowest BCUT2D eigenvalue weighted by Crippen LogP contribution is -2.49. The molecule has 2 aromatic carbocycles. The molecule has 6 atom stereocenters. The molecule has 0 bridgehead atoms. The zero-order valence-corrected chi connectivity index (χ0v) is 16.3. The van der Waals surface area contributed by atoms with Crippen LogP contribution in [-0.2, 0) is 18.9 Å². The minimum absolute atomic E-state index is 0.133. The van der Waals surface area contributed by atoms with E-state index in [9.17, 15) is 10.2 Å². The first kappa shape index (κ1) is 20.1. The topological polar surface area (TPSA) is 77.4 Å². The summed E-state index contributed by atoms with van der Waals surface area (Å²) in [6.07, 6.45) is -4.79. The van der Waals surface area contributed by atoms with Crippen LogP contribution in [-0.4, -0.2) is 47.8 Å². The lowest BCUT2D eigenvalue weighted by atomic mass is 10.0. The van der Waals surface area contributed by atoms with Crippen LogP contribution in [0.25, 0.3) is 0 Å². The average molecular weight is 427 g/mol. The summed E-state index contributed by atoms with van der Waals surface area (Å²) >= 11 is 12.1. The molecule has 2 aromatic rings. The normalized spacial score (nSPS) is 33.1. The predicted molar refractivity (Wildman–Crippen MR) is 102 cm³/mol. The SMILES string of the molecule is OC[C@H]1OC(c2cccc(Cl)c2)OC[C@@H]2OC(c3cccc(Cl)c3)O[C@@H]2[C@H]1O. The smallest absolute Gasteiger partial charge is 0.185 e. The predicted octanol–water partition coefficient (Wildman–Crippen LogP) is 3.24. The first-order chi connectivity index (χ1) is 13.5. The zero-order chi connectivity index (χ0) is 19.7. The average Bonchev–Trinajstić information content (AvgIpc) is 3.10. The van der Waals surface area contributed by atoms with Crippen molar-refractivity contribution in [2.24, 2.45) is 0 Å². The van der Waals surface area contributed by atoms with Crippen molar-refractivity contribution < 1.29 is 29.2 Å². The molecular formula is C20H20Cl2O6. The molecular weight excluding hydrogens is 407 g/mol. The maximum Gasteiger partial charge on any atom is 0.185 e. The minimum atomic E-state index is -1.11. The molecule has 28 heavy (non-hydrogen) atoms. The summed E-state index contributed by atoms with van der Waals surface area (Å²) in [6, 6.07) is 14.2. The Morgan fingerprint density at radius 3 is 2.14 bits per heavy atom. The number of fused-ring (bicyclic) bond motifs is 1. The van der Waals surface area contributed by atoms with Crippen molar-refractivity contribution in [2.75, 3.05) is 13.2 Å². The van der Waals surface area contributed by atoms with E-state index in [0.717, 1.165) is 5.56 Å². The van der Waals surface area contributed by atoms with E-state index >= 15 is 0 Å². The van der Waals surface area contributed by atoms with Gasteiger partial charge in [0.25, 0.3) is 0 Å². The largest absolute Gasteiger partial charge is 0.394 e. The van der Waals surface area contributed by atoms with Crippen molar-refractivity contribution in [3.63, 3.8) is 0 Å². The molecule has 2 saturated heterocycles. The first-order valence-electron chi connectivity index (χ1n) is 8.93. The molecule has 0 radical (unpaired) electrons. The van der Waals surface area contributed by atoms with Gasteiger partial charge in [0, 0.05) is 21.2 Å². The summed E-state index contributed by atoms with van der Waals surface area (Å²) in [6.45, 7) is -0.274. The number of aliphatic hydroxyl groups excluding tert-OH is 2. The monoisotopic (exact) mass is 426 g/mol. The van der Waals surface area contributed by atoms with Gasteiger partial charge in [0.2, 0.25) is 0 Å². The Bertz CT molecular complexity index is 819. The van der Waals surface area contributed by atoms with Crippen molar-refractivity contribution in [3.8, 4) is 0 Å². The Morgan fingerprint density at radius 2 is 1.54 bits per heavy atom. The van der Waals surface area contributed by atoms with E-state index in [1.165, 1.54) is 0 Å². The maximum atomic E-state index is 10.8. The highest BCUT2D eigenvalue weighted by Crippen LogP contribution is 2.38.